The first-order valence-corrected chi connectivity index (χ1v) is 8.73. The van der Waals surface area contributed by atoms with Crippen LogP contribution < -0.4 is 15.2 Å². The molecular formula is C19H19BN4O3. The number of ether oxygens (including phenoxy) is 1. The van der Waals surface area contributed by atoms with Crippen molar-refractivity contribution in [1.82, 2.24) is 9.97 Å². The number of benzene rings is 2. The van der Waals surface area contributed by atoms with Crippen molar-refractivity contribution in [2.24, 2.45) is 5.10 Å². The number of hydrazone groups is 1. The molecule has 2 heterocycles. The molecule has 0 aliphatic carbocycles. The highest BCUT2D eigenvalue weighted by molar-refractivity contribution is 6.61. The summed E-state index contributed by atoms with van der Waals surface area (Å²) in [5.74, 6) is 1.42. The van der Waals surface area contributed by atoms with Gasteiger partial charge in [-0.1, -0.05) is 18.2 Å². The average molecular weight is 362 g/mol. The molecule has 1 aliphatic rings. The molecule has 1 aromatic heterocycles. The van der Waals surface area contributed by atoms with E-state index in [1.54, 1.807) is 13.3 Å². The first-order valence-electron chi connectivity index (χ1n) is 8.73. The van der Waals surface area contributed by atoms with Crippen LogP contribution in [0.15, 0.2) is 47.8 Å². The Labute approximate surface area is 157 Å². The molecule has 3 aromatic rings. The first kappa shape index (κ1) is 17.4. The Hall–Kier alpha value is -2.97. The van der Waals surface area contributed by atoms with Crippen LogP contribution in [0.4, 0.5) is 5.82 Å². The molecule has 0 amide bonds. The molecule has 136 valence electrons. The van der Waals surface area contributed by atoms with E-state index >= 15 is 0 Å². The van der Waals surface area contributed by atoms with Crippen LogP contribution >= 0.6 is 0 Å². The summed E-state index contributed by atoms with van der Waals surface area (Å²) in [5, 5.41) is 17.0. The maximum atomic E-state index is 9.73. The fourth-order valence-corrected chi connectivity index (χ4v) is 3.17. The van der Waals surface area contributed by atoms with Crippen LogP contribution in [0, 0.1) is 0 Å². The second kappa shape index (κ2) is 7.34. The topological polar surface area (TPSA) is 80.1 Å². The lowest BCUT2D eigenvalue weighted by Crippen LogP contribution is -2.27. The molecule has 0 atom stereocenters. The van der Waals surface area contributed by atoms with Crippen molar-refractivity contribution in [2.75, 3.05) is 18.7 Å². The van der Waals surface area contributed by atoms with E-state index in [1.165, 1.54) is 6.33 Å². The Bertz CT molecular complexity index is 1010. The van der Waals surface area contributed by atoms with Gasteiger partial charge in [-0.2, -0.15) is 5.10 Å². The van der Waals surface area contributed by atoms with Crippen molar-refractivity contribution in [3.63, 3.8) is 0 Å². The van der Waals surface area contributed by atoms with Crippen LogP contribution in [0.25, 0.3) is 10.9 Å². The monoisotopic (exact) mass is 362 g/mol. The molecule has 27 heavy (non-hydrogen) atoms. The zero-order valence-corrected chi connectivity index (χ0v) is 15.2. The van der Waals surface area contributed by atoms with Gasteiger partial charge in [-0.25, -0.2) is 15.0 Å². The van der Waals surface area contributed by atoms with E-state index in [4.69, 9.17) is 9.39 Å². The van der Waals surface area contributed by atoms with Gasteiger partial charge >= 0.3 is 7.12 Å². The van der Waals surface area contributed by atoms with E-state index in [2.05, 4.69) is 15.1 Å². The van der Waals surface area contributed by atoms with E-state index in [0.29, 0.717) is 18.9 Å². The third kappa shape index (κ3) is 3.25. The normalized spacial score (nSPS) is 13.4. The predicted octanol–water partition coefficient (Wildman–Crippen LogP) is 1.72. The molecule has 0 fully saturated rings. The van der Waals surface area contributed by atoms with Crippen molar-refractivity contribution >= 4 is 35.5 Å². The van der Waals surface area contributed by atoms with Crippen LogP contribution in [0.5, 0.6) is 5.75 Å². The molecule has 1 aliphatic heterocycles. The fourth-order valence-electron chi connectivity index (χ4n) is 3.17. The minimum absolute atomic E-state index is 0.409. The van der Waals surface area contributed by atoms with Gasteiger partial charge in [-0.05, 0) is 41.7 Å². The summed E-state index contributed by atoms with van der Waals surface area (Å²) < 4.78 is 10.6. The quantitative estimate of drug-likeness (QED) is 0.423. The molecule has 0 unspecified atom stereocenters. The van der Waals surface area contributed by atoms with Gasteiger partial charge in [-0.15, -0.1) is 0 Å². The van der Waals surface area contributed by atoms with Crippen molar-refractivity contribution in [3.8, 4) is 5.75 Å². The lowest BCUT2D eigenvalue weighted by atomic mass is 9.79. The van der Waals surface area contributed by atoms with Crippen LogP contribution in [-0.4, -0.2) is 42.0 Å². The molecule has 0 saturated heterocycles. The molecule has 7 nitrogen and oxygen atoms in total. The third-order valence-corrected chi connectivity index (χ3v) is 4.55. The van der Waals surface area contributed by atoms with Gasteiger partial charge in [0.2, 0.25) is 0 Å². The summed E-state index contributed by atoms with van der Waals surface area (Å²) in [6.45, 7) is 3.07. The Balaban J connectivity index is 1.67. The number of methoxy groups -OCH3 is 1. The predicted molar refractivity (Wildman–Crippen MR) is 106 cm³/mol. The van der Waals surface area contributed by atoms with Crippen molar-refractivity contribution < 1.29 is 14.4 Å². The fraction of sp³-hybridized carbons (Fsp3) is 0.211. The SMILES string of the molecule is CCN(/N=C/c1ccc2c(c1)COB2O)c1ncnc2c(OC)cccc12. The number of aromatic nitrogens is 2. The molecule has 0 spiro atoms. The third-order valence-electron chi connectivity index (χ3n) is 4.55. The summed E-state index contributed by atoms with van der Waals surface area (Å²) >= 11 is 0. The largest absolute Gasteiger partial charge is 0.494 e. The van der Waals surface area contributed by atoms with Crippen LogP contribution in [0.1, 0.15) is 18.1 Å². The molecular weight excluding hydrogens is 343 g/mol. The summed E-state index contributed by atoms with van der Waals surface area (Å²) in [6, 6.07) is 11.5. The zero-order valence-electron chi connectivity index (χ0n) is 15.2. The van der Waals surface area contributed by atoms with Gasteiger partial charge in [0.1, 0.15) is 17.6 Å². The summed E-state index contributed by atoms with van der Waals surface area (Å²) in [7, 11) is 0.793. The molecule has 1 N–H and O–H groups in total. The van der Waals surface area contributed by atoms with Gasteiger partial charge in [0.25, 0.3) is 0 Å². The highest BCUT2D eigenvalue weighted by atomic mass is 16.5. The number of rotatable bonds is 5. The van der Waals surface area contributed by atoms with Gasteiger partial charge < -0.3 is 14.4 Å². The minimum atomic E-state index is -0.833. The van der Waals surface area contributed by atoms with Gasteiger partial charge in [0.15, 0.2) is 5.82 Å². The number of hydrogen-bond acceptors (Lipinski definition) is 7. The Morgan fingerprint density at radius 3 is 3.04 bits per heavy atom. The highest BCUT2D eigenvalue weighted by Crippen LogP contribution is 2.29. The van der Waals surface area contributed by atoms with Crippen LogP contribution in [0.3, 0.4) is 0 Å². The van der Waals surface area contributed by atoms with E-state index in [9.17, 15) is 5.02 Å². The van der Waals surface area contributed by atoms with Crippen LogP contribution in [-0.2, 0) is 11.3 Å². The van der Waals surface area contributed by atoms with Gasteiger partial charge in [0.05, 0.1) is 19.9 Å². The lowest BCUT2D eigenvalue weighted by molar-refractivity contribution is 0.275. The van der Waals surface area contributed by atoms with E-state index < -0.39 is 7.12 Å². The highest BCUT2D eigenvalue weighted by Gasteiger charge is 2.26. The zero-order chi connectivity index (χ0) is 18.8. The van der Waals surface area contributed by atoms with Crippen LogP contribution in [0.2, 0.25) is 0 Å². The van der Waals surface area contributed by atoms with Crippen molar-refractivity contribution in [2.45, 2.75) is 13.5 Å². The number of anilines is 1. The molecule has 2 aromatic carbocycles. The second-order valence-corrected chi connectivity index (χ2v) is 6.14. The Kier molecular flexibility index (Phi) is 4.74. The minimum Gasteiger partial charge on any atom is -0.494 e. The molecule has 0 bridgehead atoms. The van der Waals surface area contributed by atoms with Gasteiger partial charge in [0, 0.05) is 11.9 Å². The number of nitrogens with zero attached hydrogens (tertiary/aromatic N) is 4. The van der Waals surface area contributed by atoms with E-state index in [-0.39, 0.29) is 0 Å². The van der Waals surface area contributed by atoms with Crippen molar-refractivity contribution in [3.05, 3.63) is 53.9 Å². The number of hydrogen-bond donors (Lipinski definition) is 1. The second-order valence-electron chi connectivity index (χ2n) is 6.14. The summed E-state index contributed by atoms with van der Waals surface area (Å²) in [5.41, 5.74) is 3.48. The lowest BCUT2D eigenvalue weighted by Gasteiger charge is -2.18. The molecule has 4 rings (SSSR count). The maximum absolute atomic E-state index is 9.73. The average Bonchev–Trinajstić information content (AvgIpc) is 3.08. The summed E-state index contributed by atoms with van der Waals surface area (Å²) in [4.78, 5) is 8.77. The van der Waals surface area contributed by atoms with Crippen molar-refractivity contribution in [1.29, 1.82) is 0 Å². The molecule has 8 heteroatoms. The van der Waals surface area contributed by atoms with E-state index in [1.807, 2.05) is 48.3 Å². The smallest absolute Gasteiger partial charge is 0.491 e. The Morgan fingerprint density at radius 1 is 1.33 bits per heavy atom. The van der Waals surface area contributed by atoms with Gasteiger partial charge in [-0.3, -0.25) is 0 Å². The molecule has 0 radical (unpaired) electrons. The number of para-hydroxylation sites is 1. The first-order chi connectivity index (χ1) is 13.2. The Morgan fingerprint density at radius 2 is 2.22 bits per heavy atom. The number of fused-ring (bicyclic) bond motifs is 2. The van der Waals surface area contributed by atoms with E-state index in [0.717, 1.165) is 33.3 Å². The standard InChI is InChI=1S/C19H19BN4O3/c1-3-24(19-15-5-4-6-17(26-2)18(15)21-12-22-19)23-10-13-7-8-16-14(9-13)11-27-20(16)25/h4-10,12,25H,3,11H2,1-2H3/b23-10+. The molecule has 0 saturated carbocycles. The summed E-state index contributed by atoms with van der Waals surface area (Å²) in [6.07, 6.45) is 3.30. The maximum Gasteiger partial charge on any atom is 0.491 e.